The van der Waals surface area contributed by atoms with Crippen LogP contribution in [0.4, 0.5) is 11.4 Å². The first-order valence-electron chi connectivity index (χ1n) is 7.07. The molecule has 7 heteroatoms. The van der Waals surface area contributed by atoms with Gasteiger partial charge in [-0.05, 0) is 48.7 Å². The number of nitrogens with zero attached hydrogens (tertiary/aromatic N) is 3. The number of hydrogen-bond acceptors (Lipinski definition) is 5. The molecule has 6 nitrogen and oxygen atoms in total. The van der Waals surface area contributed by atoms with E-state index in [1.807, 2.05) is 6.07 Å². The van der Waals surface area contributed by atoms with Gasteiger partial charge in [-0.15, -0.1) is 0 Å². The van der Waals surface area contributed by atoms with Crippen LogP contribution in [0.1, 0.15) is 6.92 Å². The van der Waals surface area contributed by atoms with Gasteiger partial charge in [-0.1, -0.05) is 0 Å². The fourth-order valence-corrected chi connectivity index (χ4v) is 2.98. The second kappa shape index (κ2) is 7.37. The Bertz CT molecular complexity index is 504. The molecule has 1 saturated heterocycles. The number of nitrogens with one attached hydrogen (secondary N) is 1. The second-order valence-corrected chi connectivity index (χ2v) is 6.81. The Balaban J connectivity index is 1.96. The molecule has 1 aromatic rings. The van der Waals surface area contributed by atoms with Crippen LogP contribution in [0.2, 0.25) is 0 Å². The molecule has 2 rings (SSSR count). The summed E-state index contributed by atoms with van der Waals surface area (Å²) in [6.07, 6.45) is 0. The summed E-state index contributed by atoms with van der Waals surface area (Å²) in [5.41, 5.74) is 0.745. The minimum atomic E-state index is -0.326. The molecule has 0 aromatic heterocycles. The van der Waals surface area contributed by atoms with Gasteiger partial charge >= 0.3 is 0 Å². The van der Waals surface area contributed by atoms with E-state index < -0.39 is 0 Å². The van der Waals surface area contributed by atoms with Crippen LogP contribution in [0.15, 0.2) is 18.2 Å². The summed E-state index contributed by atoms with van der Waals surface area (Å²) < 4.78 is 0.872. The SMILES string of the molecule is CC(CN1CCN(C)CC1)Nc1ccc(I)cc1[N+](=O)[O-]. The van der Waals surface area contributed by atoms with E-state index in [0.717, 1.165) is 36.3 Å². The Morgan fingerprint density at radius 3 is 2.67 bits per heavy atom. The Hall–Kier alpha value is -0.930. The topological polar surface area (TPSA) is 61.6 Å². The van der Waals surface area contributed by atoms with Crippen molar-refractivity contribution >= 4 is 34.0 Å². The van der Waals surface area contributed by atoms with Crippen LogP contribution in [0.3, 0.4) is 0 Å². The summed E-state index contributed by atoms with van der Waals surface area (Å²) in [6.45, 7) is 7.23. The summed E-state index contributed by atoms with van der Waals surface area (Å²) in [6, 6.07) is 5.46. The summed E-state index contributed by atoms with van der Waals surface area (Å²) >= 11 is 2.09. The number of rotatable bonds is 5. The number of likely N-dealkylation sites (N-methyl/N-ethyl adjacent to an activating group) is 1. The molecule has 116 valence electrons. The van der Waals surface area contributed by atoms with Crippen molar-refractivity contribution in [3.05, 3.63) is 31.9 Å². The number of anilines is 1. The fraction of sp³-hybridized carbons (Fsp3) is 0.571. The first kappa shape index (κ1) is 16.4. The van der Waals surface area contributed by atoms with Crippen molar-refractivity contribution in [2.45, 2.75) is 13.0 Å². The minimum Gasteiger partial charge on any atom is -0.376 e. The summed E-state index contributed by atoms with van der Waals surface area (Å²) in [7, 11) is 2.13. The van der Waals surface area contributed by atoms with Crippen LogP contribution in [-0.2, 0) is 0 Å². The van der Waals surface area contributed by atoms with E-state index in [0.29, 0.717) is 5.69 Å². The van der Waals surface area contributed by atoms with Crippen LogP contribution in [0, 0.1) is 13.7 Å². The molecule has 1 atom stereocenters. The smallest absolute Gasteiger partial charge is 0.293 e. The predicted molar refractivity (Wildman–Crippen MR) is 92.8 cm³/mol. The lowest BCUT2D eigenvalue weighted by atomic mass is 10.2. The van der Waals surface area contributed by atoms with Crippen LogP contribution in [0.5, 0.6) is 0 Å². The Morgan fingerprint density at radius 2 is 2.05 bits per heavy atom. The van der Waals surface area contributed by atoms with Gasteiger partial charge in [0, 0.05) is 48.4 Å². The van der Waals surface area contributed by atoms with Crippen molar-refractivity contribution in [2.24, 2.45) is 0 Å². The highest BCUT2D eigenvalue weighted by atomic mass is 127. The molecule has 1 N–H and O–H groups in total. The Labute approximate surface area is 138 Å². The molecule has 0 aliphatic carbocycles. The van der Waals surface area contributed by atoms with Crippen LogP contribution in [-0.4, -0.2) is 60.5 Å². The molecular formula is C14H21IN4O2. The van der Waals surface area contributed by atoms with Gasteiger partial charge in [0.25, 0.3) is 5.69 Å². The van der Waals surface area contributed by atoms with Crippen molar-refractivity contribution in [3.8, 4) is 0 Å². The number of nitro benzene ring substituents is 1. The van der Waals surface area contributed by atoms with Crippen LogP contribution in [0.25, 0.3) is 0 Å². The lowest BCUT2D eigenvalue weighted by molar-refractivity contribution is -0.384. The number of nitro groups is 1. The third-order valence-corrected chi connectivity index (χ3v) is 4.36. The quantitative estimate of drug-likeness (QED) is 0.464. The van der Waals surface area contributed by atoms with E-state index in [1.165, 1.54) is 0 Å². The highest BCUT2D eigenvalue weighted by molar-refractivity contribution is 14.1. The number of piperazine rings is 1. The highest BCUT2D eigenvalue weighted by Gasteiger charge is 2.19. The van der Waals surface area contributed by atoms with Gasteiger partial charge in [0.1, 0.15) is 5.69 Å². The monoisotopic (exact) mass is 404 g/mol. The molecule has 0 bridgehead atoms. The fourth-order valence-electron chi connectivity index (χ4n) is 2.51. The van der Waals surface area contributed by atoms with Gasteiger partial charge in [0.2, 0.25) is 0 Å². The number of halogens is 1. The largest absolute Gasteiger partial charge is 0.376 e. The maximum Gasteiger partial charge on any atom is 0.293 e. The number of benzene rings is 1. The first-order valence-corrected chi connectivity index (χ1v) is 8.15. The minimum absolute atomic E-state index is 0.145. The third kappa shape index (κ3) is 4.79. The molecule has 1 heterocycles. The van der Waals surface area contributed by atoms with Gasteiger partial charge in [0.05, 0.1) is 4.92 Å². The van der Waals surface area contributed by atoms with E-state index in [9.17, 15) is 10.1 Å². The molecule has 0 saturated carbocycles. The number of hydrogen-bond donors (Lipinski definition) is 1. The first-order chi connectivity index (χ1) is 9.95. The van der Waals surface area contributed by atoms with Crippen LogP contribution >= 0.6 is 22.6 Å². The molecule has 0 amide bonds. The molecule has 1 aliphatic heterocycles. The van der Waals surface area contributed by atoms with Crippen molar-refractivity contribution in [2.75, 3.05) is 45.1 Å². The Kier molecular flexibility index (Phi) is 5.77. The van der Waals surface area contributed by atoms with Gasteiger partial charge in [-0.3, -0.25) is 15.0 Å². The van der Waals surface area contributed by atoms with E-state index >= 15 is 0 Å². The molecule has 0 spiro atoms. The standard InChI is InChI=1S/C14H21IN4O2/c1-11(10-18-7-5-17(2)6-8-18)16-13-4-3-12(15)9-14(13)19(20)21/h3-4,9,11,16H,5-8,10H2,1-2H3. The molecule has 21 heavy (non-hydrogen) atoms. The van der Waals surface area contributed by atoms with Crippen molar-refractivity contribution in [1.29, 1.82) is 0 Å². The lowest BCUT2D eigenvalue weighted by Crippen LogP contribution is -2.47. The second-order valence-electron chi connectivity index (χ2n) is 5.57. The molecular weight excluding hydrogens is 383 g/mol. The summed E-state index contributed by atoms with van der Waals surface area (Å²) in [5.74, 6) is 0. The maximum atomic E-state index is 11.1. The van der Waals surface area contributed by atoms with E-state index in [4.69, 9.17) is 0 Å². The van der Waals surface area contributed by atoms with E-state index in [1.54, 1.807) is 12.1 Å². The normalized spacial score (nSPS) is 18.4. The van der Waals surface area contributed by atoms with Crippen molar-refractivity contribution < 1.29 is 4.92 Å². The summed E-state index contributed by atoms with van der Waals surface area (Å²) in [4.78, 5) is 15.5. The Morgan fingerprint density at radius 1 is 1.38 bits per heavy atom. The molecule has 1 aromatic carbocycles. The average Bonchev–Trinajstić information content (AvgIpc) is 2.43. The van der Waals surface area contributed by atoms with E-state index in [2.05, 4.69) is 51.7 Å². The third-order valence-electron chi connectivity index (χ3n) is 3.69. The predicted octanol–water partition coefficient (Wildman–Crippen LogP) is 2.25. The van der Waals surface area contributed by atoms with Gasteiger partial charge in [-0.2, -0.15) is 0 Å². The van der Waals surface area contributed by atoms with E-state index in [-0.39, 0.29) is 16.7 Å². The lowest BCUT2D eigenvalue weighted by Gasteiger charge is -2.34. The molecule has 1 aliphatic rings. The van der Waals surface area contributed by atoms with Crippen LogP contribution < -0.4 is 5.32 Å². The average molecular weight is 404 g/mol. The highest BCUT2D eigenvalue weighted by Crippen LogP contribution is 2.26. The van der Waals surface area contributed by atoms with Crippen molar-refractivity contribution in [3.63, 3.8) is 0 Å². The maximum absolute atomic E-state index is 11.1. The van der Waals surface area contributed by atoms with Gasteiger partial charge < -0.3 is 10.2 Å². The summed E-state index contributed by atoms with van der Waals surface area (Å²) in [5, 5.41) is 14.4. The van der Waals surface area contributed by atoms with Gasteiger partial charge in [-0.25, -0.2) is 0 Å². The molecule has 1 unspecified atom stereocenters. The molecule has 0 radical (unpaired) electrons. The zero-order valence-electron chi connectivity index (χ0n) is 12.4. The zero-order valence-corrected chi connectivity index (χ0v) is 14.5. The van der Waals surface area contributed by atoms with Crippen molar-refractivity contribution in [1.82, 2.24) is 9.80 Å². The molecule has 1 fully saturated rings. The zero-order chi connectivity index (χ0) is 15.4. The van der Waals surface area contributed by atoms with Gasteiger partial charge in [0.15, 0.2) is 0 Å².